The predicted molar refractivity (Wildman–Crippen MR) is 94.2 cm³/mol. The van der Waals surface area contributed by atoms with Gasteiger partial charge in [0.1, 0.15) is 5.78 Å². The fourth-order valence-corrected chi connectivity index (χ4v) is 3.99. The Labute approximate surface area is 151 Å². The average molecular weight is 352 g/mol. The first kappa shape index (κ1) is 19.0. The van der Waals surface area contributed by atoms with E-state index < -0.39 is 0 Å². The molecular formula is C20H32O5. The predicted octanol–water partition coefficient (Wildman–Crippen LogP) is 3.90. The van der Waals surface area contributed by atoms with Crippen molar-refractivity contribution in [2.24, 2.45) is 0 Å². The number of allylic oxidation sites excluding steroid dienone is 2. The Morgan fingerprint density at radius 2 is 1.24 bits per heavy atom. The first-order chi connectivity index (χ1) is 12.2. The normalized spacial score (nSPS) is 27.4. The van der Waals surface area contributed by atoms with Gasteiger partial charge in [-0.25, -0.2) is 0 Å². The summed E-state index contributed by atoms with van der Waals surface area (Å²) in [4.78, 5) is 10.9. The molecule has 4 rings (SSSR count). The number of Topliss-reactive ketones (excluding diaryl/α,β-unsaturated/α-hetero) is 1. The second kappa shape index (κ2) is 8.76. The van der Waals surface area contributed by atoms with Crippen LogP contribution < -0.4 is 0 Å². The lowest BCUT2D eigenvalue weighted by molar-refractivity contribution is -0.179. The maximum atomic E-state index is 10.9. The number of rotatable bonds is 2. The van der Waals surface area contributed by atoms with E-state index >= 15 is 0 Å². The number of ether oxygens (including phenoxy) is 4. The number of hydrogen-bond donors (Lipinski definition) is 0. The summed E-state index contributed by atoms with van der Waals surface area (Å²) < 4.78 is 22.3. The van der Waals surface area contributed by atoms with Gasteiger partial charge in [0.2, 0.25) is 0 Å². The number of carbonyl (C=O) groups is 1. The monoisotopic (exact) mass is 352 g/mol. The van der Waals surface area contributed by atoms with E-state index in [-0.39, 0.29) is 11.6 Å². The molecule has 0 aromatic heterocycles. The summed E-state index contributed by atoms with van der Waals surface area (Å²) in [5, 5.41) is 0. The van der Waals surface area contributed by atoms with Crippen LogP contribution in [0.15, 0.2) is 11.6 Å². The van der Waals surface area contributed by atoms with E-state index in [1.165, 1.54) is 25.7 Å². The van der Waals surface area contributed by atoms with Crippen molar-refractivity contribution < 1.29 is 23.7 Å². The van der Waals surface area contributed by atoms with Crippen molar-refractivity contribution in [2.45, 2.75) is 82.7 Å². The van der Waals surface area contributed by atoms with Crippen LogP contribution in [0.25, 0.3) is 0 Å². The van der Waals surface area contributed by atoms with Crippen molar-refractivity contribution >= 4 is 5.78 Å². The molecule has 0 amide bonds. The van der Waals surface area contributed by atoms with Gasteiger partial charge >= 0.3 is 0 Å². The quantitative estimate of drug-likeness (QED) is 0.706. The van der Waals surface area contributed by atoms with E-state index in [4.69, 9.17) is 18.9 Å². The molecule has 2 spiro atoms. The van der Waals surface area contributed by atoms with E-state index in [1.807, 2.05) is 0 Å². The van der Waals surface area contributed by atoms with Gasteiger partial charge in [-0.15, -0.1) is 0 Å². The highest BCUT2D eigenvalue weighted by atomic mass is 16.7. The van der Waals surface area contributed by atoms with Crippen molar-refractivity contribution in [1.82, 2.24) is 0 Å². The minimum Gasteiger partial charge on any atom is -0.348 e. The van der Waals surface area contributed by atoms with Crippen LogP contribution in [0.3, 0.4) is 0 Å². The van der Waals surface area contributed by atoms with E-state index in [1.54, 1.807) is 5.57 Å². The molecule has 5 heteroatoms. The van der Waals surface area contributed by atoms with Gasteiger partial charge in [-0.1, -0.05) is 25.0 Å². The zero-order chi connectivity index (χ0) is 17.6. The average Bonchev–Trinajstić information content (AvgIpc) is 3.29. The maximum Gasteiger partial charge on any atom is 0.169 e. The molecule has 25 heavy (non-hydrogen) atoms. The minimum absolute atomic E-state index is 0.191. The van der Waals surface area contributed by atoms with Crippen LogP contribution in [0.1, 0.15) is 71.1 Å². The van der Waals surface area contributed by atoms with E-state index in [9.17, 15) is 4.79 Å². The lowest BCUT2D eigenvalue weighted by Crippen LogP contribution is -2.35. The van der Waals surface area contributed by atoms with Gasteiger partial charge in [0.25, 0.3) is 0 Å². The molecule has 0 aromatic rings. The zero-order valence-electron chi connectivity index (χ0n) is 15.5. The fourth-order valence-electron chi connectivity index (χ4n) is 3.99. The van der Waals surface area contributed by atoms with Gasteiger partial charge < -0.3 is 18.9 Å². The molecule has 2 aliphatic carbocycles. The molecule has 4 fully saturated rings. The maximum absolute atomic E-state index is 10.9. The SMILES string of the molecule is CCCC=C1CCC2(CC1)OCCO2.O=C1CCC2(CC1)OCCO2. The molecular weight excluding hydrogens is 320 g/mol. The smallest absolute Gasteiger partial charge is 0.169 e. The van der Waals surface area contributed by atoms with Crippen LogP contribution in [0.5, 0.6) is 0 Å². The highest BCUT2D eigenvalue weighted by Gasteiger charge is 2.40. The van der Waals surface area contributed by atoms with Crippen LogP contribution in [-0.2, 0) is 23.7 Å². The third-order valence-corrected chi connectivity index (χ3v) is 5.57. The highest BCUT2D eigenvalue weighted by Crippen LogP contribution is 2.38. The number of hydrogen-bond acceptors (Lipinski definition) is 5. The lowest BCUT2D eigenvalue weighted by atomic mass is 9.89. The second-order valence-electron chi connectivity index (χ2n) is 7.40. The molecule has 0 aromatic carbocycles. The summed E-state index contributed by atoms with van der Waals surface area (Å²) in [7, 11) is 0. The summed E-state index contributed by atoms with van der Waals surface area (Å²) in [5.41, 5.74) is 1.61. The van der Waals surface area contributed by atoms with Crippen LogP contribution in [0, 0.1) is 0 Å². The molecule has 5 nitrogen and oxygen atoms in total. The van der Waals surface area contributed by atoms with Crippen LogP contribution in [0.4, 0.5) is 0 Å². The van der Waals surface area contributed by atoms with E-state index in [0.29, 0.717) is 31.8 Å². The van der Waals surface area contributed by atoms with Crippen molar-refractivity contribution in [1.29, 1.82) is 0 Å². The Morgan fingerprint density at radius 3 is 1.68 bits per heavy atom. The Kier molecular flexibility index (Phi) is 6.67. The van der Waals surface area contributed by atoms with E-state index in [0.717, 1.165) is 38.9 Å². The van der Waals surface area contributed by atoms with Crippen molar-refractivity contribution in [3.05, 3.63) is 11.6 Å². The fraction of sp³-hybridized carbons (Fsp3) is 0.850. The number of unbranched alkanes of at least 4 members (excludes halogenated alkanes) is 1. The topological polar surface area (TPSA) is 54.0 Å². The molecule has 0 atom stereocenters. The molecule has 142 valence electrons. The summed E-state index contributed by atoms with van der Waals surface area (Å²) >= 11 is 0. The number of ketones is 1. The number of carbonyl (C=O) groups excluding carboxylic acids is 1. The lowest BCUT2D eigenvalue weighted by Gasteiger charge is -2.32. The third-order valence-electron chi connectivity index (χ3n) is 5.57. The van der Waals surface area contributed by atoms with Gasteiger partial charge in [0.05, 0.1) is 26.4 Å². The largest absolute Gasteiger partial charge is 0.348 e. The Balaban J connectivity index is 0.000000150. The van der Waals surface area contributed by atoms with Gasteiger partial charge in [-0.2, -0.15) is 0 Å². The molecule has 2 saturated carbocycles. The molecule has 0 radical (unpaired) electrons. The van der Waals surface area contributed by atoms with Gasteiger partial charge in [0, 0.05) is 38.5 Å². The standard InChI is InChI=1S/C12H20O2.C8H12O3/c1-2-3-4-11-5-7-12(8-6-11)13-9-10-14-12;9-7-1-3-8(4-2-7)10-5-6-11-8/h4H,2-3,5-10H2,1H3;1-6H2. The van der Waals surface area contributed by atoms with Crippen molar-refractivity contribution in [2.75, 3.05) is 26.4 Å². The molecule has 0 N–H and O–H groups in total. The van der Waals surface area contributed by atoms with Gasteiger partial charge in [-0.05, 0) is 19.3 Å². The molecule has 0 unspecified atom stereocenters. The minimum atomic E-state index is -0.367. The third kappa shape index (κ3) is 5.13. The summed E-state index contributed by atoms with van der Waals surface area (Å²) in [6.45, 7) is 5.18. The van der Waals surface area contributed by atoms with Crippen molar-refractivity contribution in [3.63, 3.8) is 0 Å². The zero-order valence-corrected chi connectivity index (χ0v) is 15.5. The Hall–Kier alpha value is -0.750. The summed E-state index contributed by atoms with van der Waals surface area (Å²) in [6.07, 6.45) is 12.1. The second-order valence-corrected chi connectivity index (χ2v) is 7.40. The summed E-state index contributed by atoms with van der Waals surface area (Å²) in [6, 6.07) is 0. The first-order valence-corrected chi connectivity index (χ1v) is 9.91. The molecule has 4 aliphatic rings. The molecule has 0 bridgehead atoms. The van der Waals surface area contributed by atoms with Crippen LogP contribution in [-0.4, -0.2) is 43.8 Å². The molecule has 2 saturated heterocycles. The van der Waals surface area contributed by atoms with Crippen LogP contribution in [0.2, 0.25) is 0 Å². The van der Waals surface area contributed by atoms with Crippen LogP contribution >= 0.6 is 0 Å². The van der Waals surface area contributed by atoms with Gasteiger partial charge in [0.15, 0.2) is 11.6 Å². The first-order valence-electron chi connectivity index (χ1n) is 9.91. The van der Waals surface area contributed by atoms with E-state index in [2.05, 4.69) is 13.0 Å². The van der Waals surface area contributed by atoms with Gasteiger partial charge in [-0.3, -0.25) is 4.79 Å². The Morgan fingerprint density at radius 1 is 0.800 bits per heavy atom. The molecule has 2 aliphatic heterocycles. The summed E-state index contributed by atoms with van der Waals surface area (Å²) in [5.74, 6) is -0.216. The highest BCUT2D eigenvalue weighted by molar-refractivity contribution is 5.79. The van der Waals surface area contributed by atoms with Crippen molar-refractivity contribution in [3.8, 4) is 0 Å². The molecule has 2 heterocycles. The Bertz CT molecular complexity index is 448.